The van der Waals surface area contributed by atoms with Gasteiger partial charge in [0.25, 0.3) is 0 Å². The van der Waals surface area contributed by atoms with Crippen LogP contribution >= 0.6 is 22.6 Å². The van der Waals surface area contributed by atoms with E-state index in [9.17, 15) is 15.3 Å². The zero-order chi connectivity index (χ0) is 21.8. The van der Waals surface area contributed by atoms with Gasteiger partial charge in [0.15, 0.2) is 6.29 Å². The van der Waals surface area contributed by atoms with Crippen LogP contribution in [0.1, 0.15) is 16.7 Å². The number of aliphatic hydroxyl groups is 3. The highest BCUT2D eigenvalue weighted by atomic mass is 127. The lowest BCUT2D eigenvalue weighted by molar-refractivity contribution is -0.241. The van der Waals surface area contributed by atoms with Crippen molar-refractivity contribution in [2.45, 2.75) is 34.1 Å². The number of rotatable bonds is 6. The molecule has 1 saturated heterocycles. The fraction of sp³-hybridized carbons (Fsp3) is 0.280. The Bertz CT molecular complexity index is 857. The second kappa shape index (κ2) is 9.77. The molecule has 0 aromatic heterocycles. The zero-order valence-electron chi connectivity index (χ0n) is 16.8. The quantitative estimate of drug-likeness (QED) is 0.258. The lowest BCUT2D eigenvalue weighted by Crippen LogP contribution is -2.57. The number of hydrogen-bond acceptors (Lipinski definition) is 5. The van der Waals surface area contributed by atoms with E-state index in [1.165, 1.54) is 0 Å². The van der Waals surface area contributed by atoms with Crippen LogP contribution in [0.25, 0.3) is 0 Å². The summed E-state index contributed by atoms with van der Waals surface area (Å²) in [6.45, 7) is -0.0304. The van der Waals surface area contributed by atoms with E-state index in [-0.39, 0.29) is 6.61 Å². The van der Waals surface area contributed by atoms with Crippen molar-refractivity contribution in [3.05, 3.63) is 108 Å². The molecule has 5 nitrogen and oxygen atoms in total. The highest BCUT2D eigenvalue weighted by molar-refractivity contribution is 14.1. The number of alkyl halides is 1. The van der Waals surface area contributed by atoms with Gasteiger partial charge in [0.1, 0.15) is 17.8 Å². The first-order chi connectivity index (χ1) is 15.0. The molecule has 0 aliphatic carbocycles. The van der Waals surface area contributed by atoms with Gasteiger partial charge in [0.2, 0.25) is 0 Å². The molecule has 0 amide bonds. The minimum Gasteiger partial charge on any atom is -0.389 e. The summed E-state index contributed by atoms with van der Waals surface area (Å²) in [6, 6.07) is 29.6. The number of halogens is 1. The Kier molecular flexibility index (Phi) is 7.05. The predicted molar refractivity (Wildman–Crippen MR) is 126 cm³/mol. The molecule has 1 fully saturated rings. The van der Waals surface area contributed by atoms with E-state index >= 15 is 0 Å². The molecule has 3 aromatic rings. The van der Waals surface area contributed by atoms with Crippen molar-refractivity contribution in [2.24, 2.45) is 0 Å². The average Bonchev–Trinajstić information content (AvgIpc) is 2.83. The van der Waals surface area contributed by atoms with Gasteiger partial charge >= 0.3 is 0 Å². The topological polar surface area (TPSA) is 79.2 Å². The fourth-order valence-corrected chi connectivity index (χ4v) is 4.62. The third-order valence-corrected chi connectivity index (χ3v) is 7.00. The first-order valence-electron chi connectivity index (χ1n) is 10.2. The molecule has 5 atom stereocenters. The first-order valence-corrected chi connectivity index (χ1v) is 11.4. The van der Waals surface area contributed by atoms with Gasteiger partial charge in [-0.25, -0.2) is 0 Å². The summed E-state index contributed by atoms with van der Waals surface area (Å²) < 4.78 is 11.6. The minimum absolute atomic E-state index is 0.0304. The number of ether oxygens (including phenoxy) is 2. The van der Waals surface area contributed by atoms with Crippen LogP contribution in [0.15, 0.2) is 91.0 Å². The van der Waals surface area contributed by atoms with E-state index in [4.69, 9.17) is 9.47 Å². The van der Waals surface area contributed by atoms with E-state index < -0.39 is 34.1 Å². The molecule has 0 spiro atoms. The van der Waals surface area contributed by atoms with E-state index in [0.717, 1.165) is 16.7 Å². The highest BCUT2D eigenvalue weighted by Gasteiger charge is 2.45. The number of benzene rings is 3. The monoisotopic (exact) mass is 532 g/mol. The second-order valence-corrected chi connectivity index (χ2v) is 9.02. The number of hydrogen-bond donors (Lipinski definition) is 3. The molecular weight excluding hydrogens is 507 g/mol. The van der Waals surface area contributed by atoms with Crippen molar-refractivity contribution in [1.29, 1.82) is 0 Å². The maximum absolute atomic E-state index is 10.6. The van der Waals surface area contributed by atoms with Crippen molar-refractivity contribution >= 4 is 22.6 Å². The molecule has 0 radical (unpaired) electrons. The summed E-state index contributed by atoms with van der Waals surface area (Å²) in [5, 5.41) is 31.0. The molecule has 0 bridgehead atoms. The van der Waals surface area contributed by atoms with Crippen LogP contribution in [0.4, 0.5) is 0 Å². The van der Waals surface area contributed by atoms with Crippen molar-refractivity contribution in [3.8, 4) is 0 Å². The van der Waals surface area contributed by atoms with Crippen LogP contribution in [0.3, 0.4) is 0 Å². The average molecular weight is 532 g/mol. The molecule has 0 saturated carbocycles. The predicted octanol–water partition coefficient (Wildman–Crippen LogP) is 3.24. The van der Waals surface area contributed by atoms with Gasteiger partial charge in [-0.05, 0) is 16.7 Å². The van der Waals surface area contributed by atoms with Crippen molar-refractivity contribution in [1.82, 2.24) is 0 Å². The highest BCUT2D eigenvalue weighted by Crippen LogP contribution is 2.41. The normalized spacial score (nSPS) is 26.5. The van der Waals surface area contributed by atoms with Crippen LogP contribution in [-0.4, -0.2) is 50.5 Å². The summed E-state index contributed by atoms with van der Waals surface area (Å²) in [7, 11) is 0. The molecule has 162 valence electrons. The largest absolute Gasteiger partial charge is 0.389 e. The van der Waals surface area contributed by atoms with Crippen LogP contribution in [0.5, 0.6) is 0 Å². The summed E-state index contributed by atoms with van der Waals surface area (Å²) in [4.78, 5) is 0. The van der Waals surface area contributed by atoms with E-state index in [0.29, 0.717) is 0 Å². The van der Waals surface area contributed by atoms with Gasteiger partial charge in [0.05, 0.1) is 16.6 Å². The maximum atomic E-state index is 10.6. The summed E-state index contributed by atoms with van der Waals surface area (Å²) in [6.07, 6.45) is -4.36. The first kappa shape index (κ1) is 22.4. The standard InChI is InChI=1S/C25H25IO5/c26-21-23(28)22(27)20(31-24(21)29)16-30-25(17-10-4-1-5-11-17,18-12-6-2-7-13-18)19-14-8-3-9-15-19/h1-15,20-24,27-29H,16H2. The zero-order valence-corrected chi connectivity index (χ0v) is 18.9. The SMILES string of the molecule is OC1OC(COC(c2ccccc2)(c2ccccc2)c2ccccc2)C(O)C(O)C1I. The van der Waals surface area contributed by atoms with Crippen molar-refractivity contribution < 1.29 is 24.8 Å². The Labute approximate surface area is 195 Å². The smallest absolute Gasteiger partial charge is 0.169 e. The molecule has 1 aliphatic heterocycles. The lowest BCUT2D eigenvalue weighted by Gasteiger charge is -2.41. The molecule has 1 heterocycles. The van der Waals surface area contributed by atoms with Gasteiger partial charge in [-0.1, -0.05) is 114 Å². The van der Waals surface area contributed by atoms with E-state index in [2.05, 4.69) is 0 Å². The van der Waals surface area contributed by atoms with Crippen LogP contribution in [0.2, 0.25) is 0 Å². The van der Waals surface area contributed by atoms with Gasteiger partial charge in [-0.2, -0.15) is 0 Å². The van der Waals surface area contributed by atoms with Gasteiger partial charge in [0, 0.05) is 0 Å². The Morgan fingerprint density at radius 2 is 1.13 bits per heavy atom. The van der Waals surface area contributed by atoms with Crippen molar-refractivity contribution in [2.75, 3.05) is 6.61 Å². The third-order valence-electron chi connectivity index (χ3n) is 5.65. The maximum Gasteiger partial charge on any atom is 0.169 e. The minimum atomic E-state index is -1.19. The fourth-order valence-electron chi connectivity index (χ4n) is 4.03. The van der Waals surface area contributed by atoms with E-state index in [1.54, 1.807) is 0 Å². The Balaban J connectivity index is 1.78. The second-order valence-electron chi connectivity index (χ2n) is 7.58. The van der Waals surface area contributed by atoms with Gasteiger partial charge in [-0.15, -0.1) is 0 Å². The third kappa shape index (κ3) is 4.41. The molecule has 6 heteroatoms. The summed E-state index contributed by atoms with van der Waals surface area (Å²) in [5.74, 6) is 0. The van der Waals surface area contributed by atoms with Crippen LogP contribution in [0, 0.1) is 0 Å². The molecule has 3 N–H and O–H groups in total. The molecule has 31 heavy (non-hydrogen) atoms. The molecular formula is C25H25IO5. The van der Waals surface area contributed by atoms with Crippen LogP contribution in [-0.2, 0) is 15.1 Å². The summed E-state index contributed by atoms with van der Waals surface area (Å²) in [5.41, 5.74) is 1.80. The Morgan fingerprint density at radius 3 is 1.55 bits per heavy atom. The van der Waals surface area contributed by atoms with Gasteiger partial charge < -0.3 is 24.8 Å². The van der Waals surface area contributed by atoms with Crippen molar-refractivity contribution in [3.63, 3.8) is 0 Å². The molecule has 5 unspecified atom stereocenters. The Hall–Kier alpha value is -1.81. The summed E-state index contributed by atoms with van der Waals surface area (Å²) >= 11 is 1.88. The van der Waals surface area contributed by atoms with E-state index in [1.807, 2.05) is 114 Å². The molecule has 4 rings (SSSR count). The van der Waals surface area contributed by atoms with Crippen LogP contribution < -0.4 is 0 Å². The Morgan fingerprint density at radius 1 is 0.710 bits per heavy atom. The molecule has 3 aromatic carbocycles. The van der Waals surface area contributed by atoms with Gasteiger partial charge in [-0.3, -0.25) is 0 Å². The number of aliphatic hydroxyl groups excluding tert-OH is 3. The molecule has 1 aliphatic rings. The lowest BCUT2D eigenvalue weighted by atomic mass is 9.80.